The van der Waals surface area contributed by atoms with E-state index in [9.17, 15) is 0 Å². The Morgan fingerprint density at radius 3 is 2.00 bits per heavy atom. The summed E-state index contributed by atoms with van der Waals surface area (Å²) in [6.45, 7) is 0. The van der Waals surface area contributed by atoms with Crippen molar-refractivity contribution in [3.05, 3.63) is 77.8 Å². The normalized spacial score (nSPS) is 11.0. The van der Waals surface area contributed by atoms with Gasteiger partial charge in [0.1, 0.15) is 0 Å². The van der Waals surface area contributed by atoms with E-state index in [0.717, 1.165) is 33.2 Å². The Balaban J connectivity index is 2.00. The maximum atomic E-state index is 6.10. The summed E-state index contributed by atoms with van der Waals surface area (Å²) in [6, 6.07) is 24.1. The predicted molar refractivity (Wildman–Crippen MR) is 94.0 cm³/mol. The fourth-order valence-electron chi connectivity index (χ4n) is 2.69. The van der Waals surface area contributed by atoms with Crippen LogP contribution in [0.3, 0.4) is 0 Å². The van der Waals surface area contributed by atoms with Crippen LogP contribution in [0.25, 0.3) is 21.8 Å². The van der Waals surface area contributed by atoms with E-state index in [2.05, 4.69) is 17.4 Å². The largest absolute Gasteiger partial charge is 0.354 e. The second-order valence-corrected chi connectivity index (χ2v) is 5.59. The number of hydrogen-bond acceptors (Lipinski definition) is 2. The SMILES string of the molecule is Clc1cccc(Nc2c3ccccc3nc3ccccc23)c1. The van der Waals surface area contributed by atoms with Gasteiger partial charge in [-0.2, -0.15) is 0 Å². The van der Waals surface area contributed by atoms with Crippen LogP contribution in [-0.2, 0) is 0 Å². The summed E-state index contributed by atoms with van der Waals surface area (Å²) in [5.41, 5.74) is 3.98. The van der Waals surface area contributed by atoms with E-state index in [1.54, 1.807) is 0 Å². The number of para-hydroxylation sites is 2. The molecule has 0 bridgehead atoms. The highest BCUT2D eigenvalue weighted by Gasteiger charge is 2.08. The molecule has 1 N–H and O–H groups in total. The number of rotatable bonds is 2. The lowest BCUT2D eigenvalue weighted by atomic mass is 10.1. The minimum absolute atomic E-state index is 0.715. The Hall–Kier alpha value is -2.58. The first-order valence-electron chi connectivity index (χ1n) is 7.11. The molecule has 0 unspecified atom stereocenters. The molecule has 22 heavy (non-hydrogen) atoms. The Kier molecular flexibility index (Phi) is 3.17. The van der Waals surface area contributed by atoms with Crippen LogP contribution in [0.1, 0.15) is 0 Å². The molecule has 0 atom stereocenters. The van der Waals surface area contributed by atoms with E-state index in [4.69, 9.17) is 16.6 Å². The molecule has 4 aromatic rings. The molecule has 106 valence electrons. The molecule has 2 nitrogen and oxygen atoms in total. The van der Waals surface area contributed by atoms with E-state index in [1.807, 2.05) is 60.7 Å². The van der Waals surface area contributed by atoms with Crippen molar-refractivity contribution in [1.29, 1.82) is 0 Å². The van der Waals surface area contributed by atoms with Crippen molar-refractivity contribution in [3.63, 3.8) is 0 Å². The van der Waals surface area contributed by atoms with Crippen molar-refractivity contribution in [3.8, 4) is 0 Å². The number of fused-ring (bicyclic) bond motifs is 2. The maximum absolute atomic E-state index is 6.10. The molecule has 4 rings (SSSR count). The number of nitrogens with zero attached hydrogens (tertiary/aromatic N) is 1. The number of pyridine rings is 1. The lowest BCUT2D eigenvalue weighted by molar-refractivity contribution is 1.48. The van der Waals surface area contributed by atoms with Gasteiger partial charge >= 0.3 is 0 Å². The molecule has 1 aromatic heterocycles. The average molecular weight is 305 g/mol. The lowest BCUT2D eigenvalue weighted by Crippen LogP contribution is -1.95. The topological polar surface area (TPSA) is 24.9 Å². The first kappa shape index (κ1) is 13.1. The molecule has 3 aromatic carbocycles. The van der Waals surface area contributed by atoms with Crippen LogP contribution in [0.15, 0.2) is 72.8 Å². The average Bonchev–Trinajstić information content (AvgIpc) is 2.55. The minimum Gasteiger partial charge on any atom is -0.354 e. The van der Waals surface area contributed by atoms with Gasteiger partial charge in [-0.15, -0.1) is 0 Å². The van der Waals surface area contributed by atoms with Gasteiger partial charge in [0, 0.05) is 21.5 Å². The van der Waals surface area contributed by atoms with Crippen molar-refractivity contribution < 1.29 is 0 Å². The second-order valence-electron chi connectivity index (χ2n) is 5.16. The summed E-state index contributed by atoms with van der Waals surface area (Å²) in [5.74, 6) is 0. The minimum atomic E-state index is 0.715. The molecule has 0 saturated carbocycles. The van der Waals surface area contributed by atoms with Gasteiger partial charge < -0.3 is 5.32 Å². The first-order chi connectivity index (χ1) is 10.8. The van der Waals surface area contributed by atoms with Gasteiger partial charge in [0.05, 0.1) is 16.7 Å². The monoisotopic (exact) mass is 304 g/mol. The molecule has 0 spiro atoms. The van der Waals surface area contributed by atoms with Crippen molar-refractivity contribution >= 4 is 44.8 Å². The third-order valence-corrected chi connectivity index (χ3v) is 3.92. The molecule has 0 aliphatic carbocycles. The zero-order valence-electron chi connectivity index (χ0n) is 11.8. The number of nitrogens with one attached hydrogen (secondary N) is 1. The highest BCUT2D eigenvalue weighted by Crippen LogP contribution is 2.33. The molecule has 0 radical (unpaired) electrons. The van der Waals surface area contributed by atoms with Crippen LogP contribution in [0.5, 0.6) is 0 Å². The summed E-state index contributed by atoms with van der Waals surface area (Å²) < 4.78 is 0. The van der Waals surface area contributed by atoms with E-state index in [1.165, 1.54) is 0 Å². The molecule has 0 aliphatic heterocycles. The number of anilines is 2. The van der Waals surface area contributed by atoms with Crippen molar-refractivity contribution in [2.75, 3.05) is 5.32 Å². The van der Waals surface area contributed by atoms with Gasteiger partial charge in [-0.3, -0.25) is 0 Å². The predicted octanol–water partition coefficient (Wildman–Crippen LogP) is 5.79. The Bertz CT molecular complexity index is 925. The smallest absolute Gasteiger partial charge is 0.0730 e. The standard InChI is InChI=1S/C19H13ClN2/c20-13-6-5-7-14(12-13)21-19-15-8-1-3-10-17(15)22-18-11-4-2-9-16(18)19/h1-12H,(H,21,22). The zero-order chi connectivity index (χ0) is 14.9. The first-order valence-corrected chi connectivity index (χ1v) is 7.49. The van der Waals surface area contributed by atoms with Gasteiger partial charge in [-0.1, -0.05) is 54.1 Å². The van der Waals surface area contributed by atoms with Crippen LogP contribution >= 0.6 is 11.6 Å². The molecule has 0 saturated heterocycles. The van der Waals surface area contributed by atoms with E-state index < -0.39 is 0 Å². The molecule has 3 heteroatoms. The summed E-state index contributed by atoms with van der Waals surface area (Å²) in [7, 11) is 0. The van der Waals surface area contributed by atoms with Crippen LogP contribution in [0.2, 0.25) is 5.02 Å². The summed E-state index contributed by atoms with van der Waals surface area (Å²) in [4.78, 5) is 4.73. The van der Waals surface area contributed by atoms with E-state index >= 15 is 0 Å². The number of benzene rings is 3. The molecule has 0 amide bonds. The second kappa shape index (κ2) is 5.32. The van der Waals surface area contributed by atoms with Crippen molar-refractivity contribution in [1.82, 2.24) is 4.98 Å². The maximum Gasteiger partial charge on any atom is 0.0730 e. The molecule has 0 aliphatic rings. The highest BCUT2D eigenvalue weighted by molar-refractivity contribution is 6.30. The van der Waals surface area contributed by atoms with Gasteiger partial charge in [0.25, 0.3) is 0 Å². The summed E-state index contributed by atoms with van der Waals surface area (Å²) in [5, 5.41) is 6.42. The van der Waals surface area contributed by atoms with Crippen molar-refractivity contribution in [2.45, 2.75) is 0 Å². The van der Waals surface area contributed by atoms with E-state index in [0.29, 0.717) is 5.02 Å². The fraction of sp³-hybridized carbons (Fsp3) is 0. The molecular weight excluding hydrogens is 292 g/mol. The third kappa shape index (κ3) is 2.28. The van der Waals surface area contributed by atoms with Crippen LogP contribution in [-0.4, -0.2) is 4.98 Å². The number of halogens is 1. The van der Waals surface area contributed by atoms with Crippen LogP contribution in [0, 0.1) is 0 Å². The van der Waals surface area contributed by atoms with Gasteiger partial charge in [0.2, 0.25) is 0 Å². The lowest BCUT2D eigenvalue weighted by Gasteiger charge is -2.13. The van der Waals surface area contributed by atoms with Crippen LogP contribution < -0.4 is 5.32 Å². The summed E-state index contributed by atoms with van der Waals surface area (Å²) in [6.07, 6.45) is 0. The van der Waals surface area contributed by atoms with E-state index in [-0.39, 0.29) is 0 Å². The van der Waals surface area contributed by atoms with Gasteiger partial charge in [-0.25, -0.2) is 4.98 Å². The van der Waals surface area contributed by atoms with Crippen molar-refractivity contribution in [2.24, 2.45) is 0 Å². The highest BCUT2D eigenvalue weighted by atomic mass is 35.5. The van der Waals surface area contributed by atoms with Crippen LogP contribution in [0.4, 0.5) is 11.4 Å². The Labute approximate surface area is 133 Å². The number of aromatic nitrogens is 1. The fourth-order valence-corrected chi connectivity index (χ4v) is 2.88. The molecule has 1 heterocycles. The summed E-state index contributed by atoms with van der Waals surface area (Å²) >= 11 is 6.10. The zero-order valence-corrected chi connectivity index (χ0v) is 12.5. The number of hydrogen-bond donors (Lipinski definition) is 1. The van der Waals surface area contributed by atoms with Gasteiger partial charge in [-0.05, 0) is 30.3 Å². The Morgan fingerprint density at radius 1 is 0.727 bits per heavy atom. The van der Waals surface area contributed by atoms with Gasteiger partial charge in [0.15, 0.2) is 0 Å². The third-order valence-electron chi connectivity index (χ3n) is 3.68. The molecule has 0 fully saturated rings. The quantitative estimate of drug-likeness (QED) is 0.474. The molecular formula is C19H13ClN2. The Morgan fingerprint density at radius 2 is 1.36 bits per heavy atom.